The number of H-pyrrole nitrogens is 1. The molecule has 1 fully saturated rings. The summed E-state index contributed by atoms with van der Waals surface area (Å²) >= 11 is 3.85. The second-order valence-electron chi connectivity index (χ2n) is 5.96. The molecule has 0 saturated carbocycles. The van der Waals surface area contributed by atoms with E-state index in [-0.39, 0.29) is 23.5 Å². The van der Waals surface area contributed by atoms with Crippen LogP contribution in [-0.2, 0) is 37.0 Å². The Kier molecular flexibility index (Phi) is 5.78. The highest BCUT2D eigenvalue weighted by atomic mass is 32.5. The molecule has 0 aliphatic carbocycles. The van der Waals surface area contributed by atoms with E-state index in [1.54, 1.807) is 7.05 Å². The number of rotatable bonds is 6. The van der Waals surface area contributed by atoms with E-state index < -0.39 is 45.1 Å². The number of fused-ring (bicyclic) bond motifs is 1. The molecule has 1 aliphatic heterocycles. The fourth-order valence-corrected chi connectivity index (χ4v) is 5.06. The zero-order valence-electron chi connectivity index (χ0n) is 14.2. The number of aromatic nitrogens is 4. The SMILES string of the molecule is Cn1c[n+]([C@H]2C[C@H](O)[C@@H](COP(=O)([O-])OP([O-])([O-])=S)O2)c2nc(N)[nH]c(=O)c21. The van der Waals surface area contributed by atoms with E-state index >= 15 is 0 Å². The molecule has 17 heteroatoms. The third-order valence-electron chi connectivity index (χ3n) is 3.90. The number of aliphatic hydroxyl groups is 1. The number of imidazole rings is 1. The maximum Gasteiger partial charge on any atom is 0.313 e. The van der Waals surface area contributed by atoms with Gasteiger partial charge < -0.3 is 39.1 Å². The van der Waals surface area contributed by atoms with Gasteiger partial charge in [-0.2, -0.15) is 0 Å². The second-order valence-corrected chi connectivity index (χ2v) is 10.0. The number of anilines is 1. The molecule has 0 spiro atoms. The lowest BCUT2D eigenvalue weighted by Gasteiger charge is -2.39. The lowest BCUT2D eigenvalue weighted by molar-refractivity contribution is -0.739. The van der Waals surface area contributed by atoms with Crippen LogP contribution in [-0.4, -0.2) is 38.5 Å². The highest BCUT2D eigenvalue weighted by Crippen LogP contribution is 2.50. The van der Waals surface area contributed by atoms with Crippen LogP contribution in [0, 0.1) is 0 Å². The summed E-state index contributed by atoms with van der Waals surface area (Å²) in [7, 11) is -3.64. The number of hydrogen-bond donors (Lipinski definition) is 3. The highest BCUT2D eigenvalue weighted by Gasteiger charge is 2.39. The smallest absolute Gasteiger partial charge is 0.313 e. The lowest BCUT2D eigenvalue weighted by atomic mass is 10.2. The summed E-state index contributed by atoms with van der Waals surface area (Å²) in [5.41, 5.74) is 5.49. The Labute approximate surface area is 162 Å². The van der Waals surface area contributed by atoms with E-state index in [0.717, 1.165) is 0 Å². The van der Waals surface area contributed by atoms with Gasteiger partial charge in [0.2, 0.25) is 5.52 Å². The van der Waals surface area contributed by atoms with Gasteiger partial charge in [-0.15, -0.1) is 11.8 Å². The minimum absolute atomic E-state index is 0.0112. The van der Waals surface area contributed by atoms with E-state index in [0.29, 0.717) is 0 Å². The van der Waals surface area contributed by atoms with E-state index in [9.17, 15) is 29.1 Å². The van der Waals surface area contributed by atoms with Crippen LogP contribution in [0.4, 0.5) is 5.95 Å². The maximum absolute atomic E-state index is 12.0. The Morgan fingerprint density at radius 3 is 2.89 bits per heavy atom. The van der Waals surface area contributed by atoms with Crippen molar-refractivity contribution in [1.29, 1.82) is 0 Å². The predicted octanol–water partition coefficient (Wildman–Crippen LogP) is -3.77. The molecule has 0 bridgehead atoms. The first-order valence-corrected chi connectivity index (χ1v) is 11.7. The van der Waals surface area contributed by atoms with Crippen molar-refractivity contribution >= 4 is 43.5 Å². The van der Waals surface area contributed by atoms with E-state index in [1.807, 2.05) is 0 Å². The lowest BCUT2D eigenvalue weighted by Crippen LogP contribution is -2.39. The van der Waals surface area contributed by atoms with Crippen LogP contribution in [0.5, 0.6) is 0 Å². The topological polar surface area (TPSA) is 215 Å². The Bertz CT molecular complexity index is 1050. The first-order chi connectivity index (χ1) is 12.9. The zero-order valence-corrected chi connectivity index (χ0v) is 16.8. The molecule has 2 aromatic rings. The minimum atomic E-state index is -5.24. The standard InChI is InChI=1S/C11H17N5O9P2S/c1-15-4-16(9-8(15)10(18)14-11(12)13-9)7-2-5(17)6(24-7)3-23-26(19,20)25-27(21,22)28/h4-7,17H,2-3H2,1H3,(H5-,12,13,14,18,19,20,21,22,28)/p-2/t5-,6+,7+/m0/s1. The van der Waals surface area contributed by atoms with Gasteiger partial charge in [0.25, 0.3) is 19.3 Å². The van der Waals surface area contributed by atoms with Crippen molar-refractivity contribution in [2.45, 2.75) is 24.9 Å². The predicted molar refractivity (Wildman–Crippen MR) is 89.4 cm³/mol. The molecule has 3 heterocycles. The van der Waals surface area contributed by atoms with Crippen molar-refractivity contribution in [2.24, 2.45) is 7.05 Å². The number of aryl methyl sites for hydroxylation is 1. The molecule has 4 atom stereocenters. The summed E-state index contributed by atoms with van der Waals surface area (Å²) in [5, 5.41) is 10.1. The van der Waals surface area contributed by atoms with Crippen molar-refractivity contribution in [3.8, 4) is 0 Å². The molecule has 3 rings (SSSR count). The largest absolute Gasteiger partial charge is 0.812 e. The Balaban J connectivity index is 1.78. The molecule has 28 heavy (non-hydrogen) atoms. The van der Waals surface area contributed by atoms with Gasteiger partial charge in [-0.05, 0) is 0 Å². The summed E-state index contributed by atoms with van der Waals surface area (Å²) < 4.78 is 28.1. The number of nitrogens with two attached hydrogens (primary N) is 1. The van der Waals surface area contributed by atoms with E-state index in [2.05, 4.69) is 30.6 Å². The summed E-state index contributed by atoms with van der Waals surface area (Å²) in [5.74, 6) is -0.119. The van der Waals surface area contributed by atoms with Crippen molar-refractivity contribution in [1.82, 2.24) is 14.5 Å². The highest BCUT2D eigenvalue weighted by molar-refractivity contribution is 8.06. The van der Waals surface area contributed by atoms with Gasteiger partial charge in [-0.25, -0.2) is 4.57 Å². The second kappa shape index (κ2) is 7.54. The summed E-state index contributed by atoms with van der Waals surface area (Å²) in [6, 6.07) is 0. The van der Waals surface area contributed by atoms with Crippen molar-refractivity contribution in [3.63, 3.8) is 0 Å². The fourth-order valence-electron chi connectivity index (χ4n) is 2.83. The first kappa shape index (κ1) is 21.5. The number of nitrogen functional groups attached to an aromatic ring is 1. The Hall–Kier alpha value is -1.25. The van der Waals surface area contributed by atoms with Gasteiger partial charge in [-0.3, -0.25) is 18.9 Å². The number of nitrogens with zero attached hydrogens (tertiary/aromatic N) is 3. The Morgan fingerprint density at radius 1 is 1.57 bits per heavy atom. The maximum atomic E-state index is 12.0. The van der Waals surface area contributed by atoms with Crippen LogP contribution < -0.4 is 30.5 Å². The number of aliphatic hydroxyl groups excluding tert-OH is 1. The monoisotopic (exact) mass is 455 g/mol. The number of aromatic amines is 1. The van der Waals surface area contributed by atoms with Gasteiger partial charge >= 0.3 is 5.65 Å². The molecule has 4 N–H and O–H groups in total. The van der Waals surface area contributed by atoms with E-state index in [1.165, 1.54) is 15.5 Å². The number of hydrogen-bond acceptors (Lipinski definition) is 12. The molecule has 2 aromatic heterocycles. The quantitative estimate of drug-likeness (QED) is 0.283. The van der Waals surface area contributed by atoms with Gasteiger partial charge in [0.15, 0.2) is 12.6 Å². The first-order valence-electron chi connectivity index (χ1n) is 7.65. The third-order valence-corrected chi connectivity index (χ3v) is 6.57. The van der Waals surface area contributed by atoms with Crippen LogP contribution in [0.2, 0.25) is 0 Å². The van der Waals surface area contributed by atoms with Gasteiger partial charge in [0.05, 0.1) is 19.8 Å². The molecule has 1 aliphatic rings. The molecule has 1 saturated heterocycles. The molecule has 0 radical (unpaired) electrons. The van der Waals surface area contributed by atoms with Crippen LogP contribution in [0.25, 0.3) is 11.2 Å². The molecular formula is C11H15N5O9P2S-2. The Morgan fingerprint density at radius 2 is 2.25 bits per heavy atom. The molecule has 14 nitrogen and oxygen atoms in total. The molecule has 0 amide bonds. The molecule has 156 valence electrons. The average Bonchev–Trinajstić information content (AvgIpc) is 3.03. The number of nitrogens with one attached hydrogen (secondary N) is 1. The average molecular weight is 455 g/mol. The van der Waals surface area contributed by atoms with Crippen LogP contribution in [0.3, 0.4) is 0 Å². The summed E-state index contributed by atoms with van der Waals surface area (Å²) in [4.78, 5) is 51.4. The van der Waals surface area contributed by atoms with Crippen molar-refractivity contribution in [3.05, 3.63) is 16.7 Å². The number of phosphoric acid groups is 1. The summed E-state index contributed by atoms with van der Waals surface area (Å²) in [6.07, 6.45) is -1.60. The van der Waals surface area contributed by atoms with Crippen LogP contribution in [0.1, 0.15) is 12.6 Å². The normalized spacial score (nSPS) is 25.2. The number of ether oxygens (including phenoxy) is 1. The third kappa shape index (κ3) is 4.66. The van der Waals surface area contributed by atoms with Gasteiger partial charge in [-0.1, -0.05) is 11.7 Å². The fraction of sp³-hybridized carbons (Fsp3) is 0.545. The molecule has 0 aromatic carbocycles. The van der Waals surface area contributed by atoms with Crippen LogP contribution >= 0.6 is 14.5 Å². The molecule has 1 unspecified atom stereocenters. The van der Waals surface area contributed by atoms with Crippen LogP contribution in [0.15, 0.2) is 11.1 Å². The number of phosphoric ester groups is 1. The minimum Gasteiger partial charge on any atom is -0.812 e. The van der Waals surface area contributed by atoms with Gasteiger partial charge in [0.1, 0.15) is 6.10 Å². The van der Waals surface area contributed by atoms with Crippen molar-refractivity contribution in [2.75, 3.05) is 12.3 Å². The van der Waals surface area contributed by atoms with Gasteiger partial charge in [0, 0.05) is 6.42 Å². The van der Waals surface area contributed by atoms with Crippen molar-refractivity contribution < 1.29 is 42.5 Å². The zero-order chi connectivity index (χ0) is 20.9. The summed E-state index contributed by atoms with van der Waals surface area (Å²) in [6.45, 7) is -5.70. The molecular weight excluding hydrogens is 440 g/mol. The van der Waals surface area contributed by atoms with E-state index in [4.69, 9.17) is 10.5 Å².